The van der Waals surface area contributed by atoms with Crippen LogP contribution in [0.3, 0.4) is 0 Å². The summed E-state index contributed by atoms with van der Waals surface area (Å²) >= 11 is 0. The molecule has 2 atom stereocenters. The van der Waals surface area contributed by atoms with Crippen molar-refractivity contribution in [1.82, 2.24) is 0 Å². The summed E-state index contributed by atoms with van der Waals surface area (Å²) in [5.41, 5.74) is 2.55. The van der Waals surface area contributed by atoms with E-state index in [-0.39, 0.29) is 0 Å². The predicted octanol–water partition coefficient (Wildman–Crippen LogP) is 3.12. The molecule has 0 saturated heterocycles. The van der Waals surface area contributed by atoms with Crippen molar-refractivity contribution in [1.29, 1.82) is 0 Å². The van der Waals surface area contributed by atoms with E-state index in [2.05, 4.69) is 20.4 Å². The summed E-state index contributed by atoms with van der Waals surface area (Å²) in [4.78, 5) is 10.4. The molecule has 1 heteroatoms. The van der Waals surface area contributed by atoms with E-state index in [0.29, 0.717) is 11.8 Å². The molecule has 1 saturated carbocycles. The monoisotopic (exact) mass is 178 g/mol. The van der Waals surface area contributed by atoms with E-state index in [1.54, 1.807) is 6.08 Å². The fourth-order valence-corrected chi connectivity index (χ4v) is 1.96. The van der Waals surface area contributed by atoms with Crippen LogP contribution < -0.4 is 0 Å². The zero-order valence-corrected chi connectivity index (χ0v) is 8.55. The Morgan fingerprint density at radius 2 is 2.23 bits per heavy atom. The van der Waals surface area contributed by atoms with Crippen LogP contribution in [0.2, 0.25) is 0 Å². The number of carbonyl (C=O) groups excluding carboxylic acids is 1. The molecule has 0 N–H and O–H groups in total. The van der Waals surface area contributed by atoms with Gasteiger partial charge in [0.2, 0.25) is 0 Å². The summed E-state index contributed by atoms with van der Waals surface area (Å²) in [6.45, 7) is 8.26. The largest absolute Gasteiger partial charge is 0.299 e. The molecule has 0 bridgehead atoms. The summed E-state index contributed by atoms with van der Waals surface area (Å²) in [5.74, 6) is 1.18. The zero-order chi connectivity index (χ0) is 9.84. The van der Waals surface area contributed by atoms with Gasteiger partial charge in [-0.15, -0.1) is 0 Å². The first kappa shape index (κ1) is 10.2. The lowest BCUT2D eigenvalue weighted by Crippen LogP contribution is -2.16. The quantitative estimate of drug-likeness (QED) is 0.361. The first-order chi connectivity index (χ1) is 6.15. The Bertz CT molecular complexity index is 238. The molecule has 0 aromatic carbocycles. The maximum Gasteiger partial charge on any atom is 0.142 e. The first-order valence-electron chi connectivity index (χ1n) is 4.94. The Morgan fingerprint density at radius 3 is 2.77 bits per heavy atom. The number of rotatable bonds is 2. The molecule has 0 spiro atoms. The zero-order valence-electron chi connectivity index (χ0n) is 8.55. The average molecular weight is 178 g/mol. The summed E-state index contributed by atoms with van der Waals surface area (Å²) in [5, 5.41) is 0. The van der Waals surface area contributed by atoms with Gasteiger partial charge in [0.25, 0.3) is 0 Å². The molecule has 1 fully saturated rings. The summed E-state index contributed by atoms with van der Waals surface area (Å²) in [6, 6.07) is 0. The third kappa shape index (κ3) is 2.55. The van der Waals surface area contributed by atoms with Crippen LogP contribution in [0, 0.1) is 11.8 Å². The van der Waals surface area contributed by atoms with Crippen LogP contribution in [-0.2, 0) is 4.79 Å². The highest BCUT2D eigenvalue weighted by molar-refractivity contribution is 5.66. The van der Waals surface area contributed by atoms with Crippen molar-refractivity contribution in [2.75, 3.05) is 0 Å². The van der Waals surface area contributed by atoms with Gasteiger partial charge >= 0.3 is 0 Å². The highest BCUT2D eigenvalue weighted by Crippen LogP contribution is 2.35. The molecule has 1 nitrogen and oxygen atoms in total. The third-order valence-corrected chi connectivity index (χ3v) is 3.04. The molecular weight excluding hydrogens is 160 g/mol. The van der Waals surface area contributed by atoms with E-state index in [0.717, 1.165) is 12.7 Å². The Morgan fingerprint density at radius 1 is 1.54 bits per heavy atom. The van der Waals surface area contributed by atoms with E-state index >= 15 is 0 Å². The minimum absolute atomic E-state index is 0.584. The van der Waals surface area contributed by atoms with E-state index < -0.39 is 0 Å². The van der Waals surface area contributed by atoms with Gasteiger partial charge in [-0.05, 0) is 44.1 Å². The predicted molar refractivity (Wildman–Crippen MR) is 55.5 cm³/mol. The lowest BCUT2D eigenvalue weighted by molar-refractivity contribution is -0.104. The van der Waals surface area contributed by atoms with Crippen LogP contribution >= 0.6 is 0 Å². The van der Waals surface area contributed by atoms with Crippen molar-refractivity contribution in [2.24, 2.45) is 11.8 Å². The second kappa shape index (κ2) is 4.40. The van der Waals surface area contributed by atoms with Gasteiger partial charge in [-0.3, -0.25) is 4.79 Å². The second-order valence-electron chi connectivity index (χ2n) is 4.10. The standard InChI is InChI=1S/C12H18O/c1-9(2)11-5-4-10(3)12(8-11)6-7-13/h6-7,10-11H,1,4-5,8H2,2-3H3/b12-6+/t10-,11?/m1/s1. The molecule has 1 aliphatic rings. The molecule has 1 aliphatic carbocycles. The number of carbonyl (C=O) groups is 1. The topological polar surface area (TPSA) is 17.1 Å². The molecule has 0 aromatic heterocycles. The first-order valence-corrected chi connectivity index (χ1v) is 4.94. The maximum absolute atomic E-state index is 10.4. The summed E-state index contributed by atoms with van der Waals surface area (Å²) in [7, 11) is 0. The van der Waals surface area contributed by atoms with Gasteiger partial charge < -0.3 is 0 Å². The van der Waals surface area contributed by atoms with Crippen LogP contribution in [0.25, 0.3) is 0 Å². The molecule has 0 heterocycles. The third-order valence-electron chi connectivity index (χ3n) is 3.04. The van der Waals surface area contributed by atoms with Crippen molar-refractivity contribution < 1.29 is 4.79 Å². The molecule has 72 valence electrons. The number of hydrogen-bond donors (Lipinski definition) is 0. The number of hydrogen-bond acceptors (Lipinski definition) is 1. The molecule has 1 unspecified atom stereocenters. The molecule has 0 aliphatic heterocycles. The minimum atomic E-state index is 0.584. The lowest BCUT2D eigenvalue weighted by atomic mass is 9.76. The van der Waals surface area contributed by atoms with Gasteiger partial charge in [0.15, 0.2) is 0 Å². The van der Waals surface area contributed by atoms with Crippen LogP contribution in [-0.4, -0.2) is 6.29 Å². The summed E-state index contributed by atoms with van der Waals surface area (Å²) < 4.78 is 0. The van der Waals surface area contributed by atoms with Gasteiger partial charge in [-0.1, -0.05) is 24.6 Å². The molecule has 13 heavy (non-hydrogen) atoms. The average Bonchev–Trinajstić information content (AvgIpc) is 2.08. The van der Waals surface area contributed by atoms with Gasteiger partial charge in [-0.2, -0.15) is 0 Å². The fourth-order valence-electron chi connectivity index (χ4n) is 1.96. The summed E-state index contributed by atoms with van der Waals surface area (Å²) in [6.07, 6.45) is 6.10. The lowest BCUT2D eigenvalue weighted by Gasteiger charge is -2.29. The molecule has 0 aromatic rings. The fraction of sp³-hybridized carbons (Fsp3) is 0.583. The molecule has 0 radical (unpaired) electrons. The highest BCUT2D eigenvalue weighted by atomic mass is 16.1. The van der Waals surface area contributed by atoms with Crippen molar-refractivity contribution in [3.63, 3.8) is 0 Å². The number of aldehydes is 1. The Labute approximate surface area is 80.5 Å². The van der Waals surface area contributed by atoms with Crippen molar-refractivity contribution in [3.05, 3.63) is 23.8 Å². The van der Waals surface area contributed by atoms with Gasteiger partial charge in [-0.25, -0.2) is 0 Å². The van der Waals surface area contributed by atoms with Crippen molar-refractivity contribution >= 4 is 6.29 Å². The number of allylic oxidation sites excluding steroid dienone is 3. The van der Waals surface area contributed by atoms with E-state index in [1.165, 1.54) is 24.0 Å². The van der Waals surface area contributed by atoms with Gasteiger partial charge in [0.1, 0.15) is 6.29 Å². The minimum Gasteiger partial charge on any atom is -0.299 e. The van der Waals surface area contributed by atoms with Crippen LogP contribution in [0.15, 0.2) is 23.8 Å². The normalized spacial score (nSPS) is 31.7. The van der Waals surface area contributed by atoms with Crippen LogP contribution in [0.5, 0.6) is 0 Å². The second-order valence-corrected chi connectivity index (χ2v) is 4.10. The maximum atomic E-state index is 10.4. The Balaban J connectivity index is 2.68. The molecule has 1 rings (SSSR count). The van der Waals surface area contributed by atoms with Gasteiger partial charge in [0, 0.05) is 0 Å². The SMILES string of the molecule is C=C(C)C1CC[C@@H](C)/C(=C/C=O)C1. The van der Waals surface area contributed by atoms with Gasteiger partial charge in [0.05, 0.1) is 0 Å². The van der Waals surface area contributed by atoms with Crippen molar-refractivity contribution in [3.8, 4) is 0 Å². The smallest absolute Gasteiger partial charge is 0.142 e. The van der Waals surface area contributed by atoms with E-state index in [1.807, 2.05) is 0 Å². The Hall–Kier alpha value is -0.850. The Kier molecular flexibility index (Phi) is 3.47. The van der Waals surface area contributed by atoms with Crippen LogP contribution in [0.4, 0.5) is 0 Å². The molecular formula is C12H18O. The molecule has 0 amide bonds. The van der Waals surface area contributed by atoms with E-state index in [9.17, 15) is 4.79 Å². The van der Waals surface area contributed by atoms with E-state index in [4.69, 9.17) is 0 Å². The highest BCUT2D eigenvalue weighted by Gasteiger charge is 2.22. The van der Waals surface area contributed by atoms with Crippen molar-refractivity contribution in [2.45, 2.75) is 33.1 Å². The van der Waals surface area contributed by atoms with Crippen LogP contribution in [0.1, 0.15) is 33.1 Å².